The van der Waals surface area contributed by atoms with E-state index >= 15 is 0 Å². The van der Waals surface area contributed by atoms with E-state index in [1.807, 2.05) is 11.3 Å². The normalized spacial score (nSPS) is 13.0. The average Bonchev–Trinajstić information content (AvgIpc) is 3.45. The van der Waals surface area contributed by atoms with Gasteiger partial charge in [0.15, 0.2) is 0 Å². The van der Waals surface area contributed by atoms with E-state index in [-0.39, 0.29) is 0 Å². The maximum absolute atomic E-state index is 3.66. The molecule has 28 heavy (non-hydrogen) atoms. The summed E-state index contributed by atoms with van der Waals surface area (Å²) in [4.78, 5) is 5.01. The van der Waals surface area contributed by atoms with E-state index in [9.17, 15) is 0 Å². The van der Waals surface area contributed by atoms with Crippen molar-refractivity contribution in [2.75, 3.05) is 0 Å². The van der Waals surface area contributed by atoms with Crippen LogP contribution in [0.15, 0.2) is 65.4 Å². The Morgan fingerprint density at radius 3 is 2.57 bits per heavy atom. The number of aromatic amines is 1. The van der Waals surface area contributed by atoms with E-state index < -0.39 is 0 Å². The summed E-state index contributed by atoms with van der Waals surface area (Å²) in [5.41, 5.74) is 5.10. The second-order valence-corrected chi connectivity index (χ2v) is 9.30. The van der Waals surface area contributed by atoms with Gasteiger partial charge in [0.2, 0.25) is 0 Å². The molecule has 1 N–H and O–H groups in total. The summed E-state index contributed by atoms with van der Waals surface area (Å²) in [6, 6.07) is 20.0. The molecule has 0 bridgehead atoms. The number of thiophene rings is 2. The lowest BCUT2D eigenvalue weighted by Gasteiger charge is -1.99. The van der Waals surface area contributed by atoms with Crippen LogP contribution in [0.25, 0.3) is 69.3 Å². The SMILES string of the molecule is c1ccc2c(c1)sc1c2c2ccc3[nH]c4cccc5c6cscc6n1c2c3c45. The average molecular weight is 393 g/mol. The Hall–Kier alpha value is -3.08. The minimum Gasteiger partial charge on any atom is -0.354 e. The van der Waals surface area contributed by atoms with E-state index in [2.05, 4.69) is 74.7 Å². The first-order valence-corrected chi connectivity index (χ1v) is 11.1. The van der Waals surface area contributed by atoms with E-state index in [1.165, 1.54) is 69.3 Å². The molecule has 8 rings (SSSR count). The van der Waals surface area contributed by atoms with Gasteiger partial charge in [0, 0.05) is 58.8 Å². The zero-order chi connectivity index (χ0) is 18.0. The Labute approximate surface area is 166 Å². The first-order chi connectivity index (χ1) is 13.9. The fourth-order valence-electron chi connectivity index (χ4n) is 5.12. The van der Waals surface area contributed by atoms with Crippen molar-refractivity contribution in [2.24, 2.45) is 0 Å². The van der Waals surface area contributed by atoms with Crippen LogP contribution in [-0.2, 0) is 0 Å². The Bertz CT molecular complexity index is 1870. The summed E-state index contributed by atoms with van der Waals surface area (Å²) in [5.74, 6) is 0. The van der Waals surface area contributed by atoms with Gasteiger partial charge in [-0.15, -0.1) is 22.7 Å². The molecule has 0 aliphatic rings. The van der Waals surface area contributed by atoms with Crippen LogP contribution in [-0.4, -0.2) is 9.38 Å². The van der Waals surface area contributed by atoms with Gasteiger partial charge in [-0.2, -0.15) is 0 Å². The van der Waals surface area contributed by atoms with Gasteiger partial charge in [-0.25, -0.2) is 0 Å². The Morgan fingerprint density at radius 2 is 1.57 bits per heavy atom. The van der Waals surface area contributed by atoms with E-state index in [0.29, 0.717) is 0 Å². The van der Waals surface area contributed by atoms with Crippen molar-refractivity contribution in [1.29, 1.82) is 0 Å². The molecular formula is C24H12N2S2. The molecular weight excluding hydrogens is 380 g/mol. The quantitative estimate of drug-likeness (QED) is 0.272. The van der Waals surface area contributed by atoms with Gasteiger partial charge >= 0.3 is 0 Å². The lowest BCUT2D eigenvalue weighted by atomic mass is 10.0. The number of nitrogens with zero attached hydrogens (tertiary/aromatic N) is 1. The van der Waals surface area contributed by atoms with Crippen LogP contribution in [0, 0.1) is 0 Å². The molecule has 0 aliphatic heterocycles. The summed E-state index contributed by atoms with van der Waals surface area (Å²) in [7, 11) is 0. The maximum Gasteiger partial charge on any atom is 0.109 e. The fourth-order valence-corrected chi connectivity index (χ4v) is 7.18. The molecule has 0 amide bonds. The Kier molecular flexibility index (Phi) is 2.24. The Morgan fingerprint density at radius 1 is 0.679 bits per heavy atom. The van der Waals surface area contributed by atoms with Gasteiger partial charge in [-0.05, 0) is 23.6 Å². The van der Waals surface area contributed by atoms with E-state index in [0.717, 1.165) is 0 Å². The number of hydrogen-bond donors (Lipinski definition) is 1. The van der Waals surface area contributed by atoms with Crippen LogP contribution in [0.4, 0.5) is 0 Å². The van der Waals surface area contributed by atoms with Crippen molar-refractivity contribution < 1.29 is 0 Å². The molecule has 2 nitrogen and oxygen atoms in total. The van der Waals surface area contributed by atoms with Crippen LogP contribution >= 0.6 is 22.7 Å². The summed E-state index contributed by atoms with van der Waals surface area (Å²) < 4.78 is 3.88. The lowest BCUT2D eigenvalue weighted by Crippen LogP contribution is -1.81. The van der Waals surface area contributed by atoms with Gasteiger partial charge < -0.3 is 4.98 Å². The molecule has 0 atom stereocenters. The highest BCUT2D eigenvalue weighted by molar-refractivity contribution is 7.25. The summed E-state index contributed by atoms with van der Waals surface area (Å²) >= 11 is 3.70. The summed E-state index contributed by atoms with van der Waals surface area (Å²) in [6.07, 6.45) is 0. The second-order valence-electron chi connectivity index (χ2n) is 7.52. The number of H-pyrrole nitrogens is 1. The predicted molar refractivity (Wildman–Crippen MR) is 124 cm³/mol. The molecule has 5 aromatic heterocycles. The van der Waals surface area contributed by atoms with Gasteiger partial charge in [-0.1, -0.05) is 36.4 Å². The number of benzene rings is 3. The van der Waals surface area contributed by atoms with Crippen LogP contribution < -0.4 is 0 Å². The highest BCUT2D eigenvalue weighted by Crippen LogP contribution is 2.47. The Balaban J connectivity index is 1.91. The molecule has 3 aromatic carbocycles. The van der Waals surface area contributed by atoms with Crippen LogP contribution in [0.1, 0.15) is 0 Å². The molecule has 0 unspecified atom stereocenters. The van der Waals surface area contributed by atoms with Crippen molar-refractivity contribution in [3.05, 3.63) is 65.4 Å². The minimum absolute atomic E-state index is 1.22. The molecule has 0 saturated heterocycles. The minimum atomic E-state index is 1.22. The molecule has 0 aliphatic carbocycles. The maximum atomic E-state index is 3.66. The highest BCUT2D eigenvalue weighted by atomic mass is 32.1. The smallest absolute Gasteiger partial charge is 0.109 e. The van der Waals surface area contributed by atoms with E-state index in [1.54, 1.807) is 11.3 Å². The van der Waals surface area contributed by atoms with Gasteiger partial charge in [-0.3, -0.25) is 4.40 Å². The standard InChI is InChI=1S/C24H12N2S2/c1-2-7-19-13(4-1)20-14-8-9-17-22-21-12(5-3-6-16(21)25-17)15-10-27-11-18(15)26(23(14)22)24(20)28-19/h1-11,25H. The lowest BCUT2D eigenvalue weighted by molar-refractivity contribution is 1.39. The van der Waals surface area contributed by atoms with Crippen molar-refractivity contribution in [3.63, 3.8) is 0 Å². The zero-order valence-corrected chi connectivity index (χ0v) is 16.2. The molecule has 0 spiro atoms. The summed E-state index contributed by atoms with van der Waals surface area (Å²) in [5, 5.41) is 14.1. The van der Waals surface area contributed by atoms with Gasteiger partial charge in [0.05, 0.1) is 11.0 Å². The third-order valence-corrected chi connectivity index (χ3v) is 8.09. The third kappa shape index (κ3) is 1.39. The molecule has 8 aromatic rings. The first-order valence-electron chi connectivity index (χ1n) is 9.36. The van der Waals surface area contributed by atoms with Crippen molar-refractivity contribution in [1.82, 2.24) is 9.38 Å². The molecule has 5 heterocycles. The van der Waals surface area contributed by atoms with Gasteiger partial charge in [0.25, 0.3) is 0 Å². The predicted octanol–water partition coefficient (Wildman–Crippen LogP) is 7.75. The molecule has 0 fully saturated rings. The second kappa shape index (κ2) is 4.49. The number of hydrogen-bond acceptors (Lipinski definition) is 2. The topological polar surface area (TPSA) is 20.2 Å². The largest absolute Gasteiger partial charge is 0.354 e. The molecule has 0 saturated carbocycles. The molecule has 130 valence electrons. The number of fused-ring (bicyclic) bond motifs is 8. The molecule has 4 heteroatoms. The number of nitrogens with one attached hydrogen (secondary N) is 1. The molecule has 0 radical (unpaired) electrons. The summed E-state index contributed by atoms with van der Waals surface area (Å²) in [6.45, 7) is 0. The highest BCUT2D eigenvalue weighted by Gasteiger charge is 2.22. The number of rotatable bonds is 0. The van der Waals surface area contributed by atoms with Crippen LogP contribution in [0.3, 0.4) is 0 Å². The number of aromatic nitrogens is 2. The van der Waals surface area contributed by atoms with Gasteiger partial charge in [0.1, 0.15) is 4.83 Å². The fraction of sp³-hybridized carbons (Fsp3) is 0. The van der Waals surface area contributed by atoms with E-state index in [4.69, 9.17) is 0 Å². The zero-order valence-electron chi connectivity index (χ0n) is 14.6. The van der Waals surface area contributed by atoms with Crippen LogP contribution in [0.5, 0.6) is 0 Å². The van der Waals surface area contributed by atoms with Crippen molar-refractivity contribution in [2.45, 2.75) is 0 Å². The van der Waals surface area contributed by atoms with Crippen molar-refractivity contribution >= 4 is 92.0 Å². The first kappa shape index (κ1) is 14.0. The monoisotopic (exact) mass is 392 g/mol. The third-order valence-electron chi connectivity index (χ3n) is 6.21. The van der Waals surface area contributed by atoms with Crippen LogP contribution in [0.2, 0.25) is 0 Å². The van der Waals surface area contributed by atoms with Crippen molar-refractivity contribution in [3.8, 4) is 0 Å².